The fourth-order valence-electron chi connectivity index (χ4n) is 4.93. The minimum atomic E-state index is 0.518. The van der Waals surface area contributed by atoms with E-state index in [-0.39, 0.29) is 0 Å². The number of hydrogen-bond donors (Lipinski definition) is 0. The summed E-state index contributed by atoms with van der Waals surface area (Å²) in [4.78, 5) is 2.61. The van der Waals surface area contributed by atoms with Crippen LogP contribution in [0.5, 0.6) is 11.5 Å². The van der Waals surface area contributed by atoms with Crippen molar-refractivity contribution in [1.29, 1.82) is 0 Å². The molecule has 0 aliphatic rings. The predicted octanol–water partition coefficient (Wildman–Crippen LogP) is 9.25. The lowest BCUT2D eigenvalue weighted by molar-refractivity contribution is 0.253. The second-order valence-corrected chi connectivity index (χ2v) is 10.6. The average molecular weight is 536 g/mol. The maximum atomic E-state index is 6.33. The molecule has 3 nitrogen and oxygen atoms in total. The molecule has 0 unspecified atom stereocenters. The number of nitrogens with zero attached hydrogens (tertiary/aromatic N) is 1. The highest BCUT2D eigenvalue weighted by molar-refractivity contribution is 5.43. The van der Waals surface area contributed by atoms with E-state index in [0.29, 0.717) is 13.2 Å². The molecular weight excluding hydrogens is 490 g/mol. The maximum absolute atomic E-state index is 6.33. The fourth-order valence-corrected chi connectivity index (χ4v) is 4.93. The van der Waals surface area contributed by atoms with Crippen LogP contribution in [0.3, 0.4) is 0 Å². The lowest BCUT2D eigenvalue weighted by Crippen LogP contribution is -2.27. The van der Waals surface area contributed by atoms with Crippen LogP contribution in [0.2, 0.25) is 0 Å². The molecule has 3 heteroatoms. The van der Waals surface area contributed by atoms with E-state index in [9.17, 15) is 0 Å². The van der Waals surface area contributed by atoms with Gasteiger partial charge in [0.15, 0.2) is 11.5 Å². The van der Waals surface area contributed by atoms with Gasteiger partial charge >= 0.3 is 0 Å². The largest absolute Gasteiger partial charge is 0.485 e. The molecule has 0 saturated carbocycles. The summed E-state index contributed by atoms with van der Waals surface area (Å²) in [5.74, 6) is 1.60. The predicted molar refractivity (Wildman–Crippen MR) is 167 cm³/mol. The standard InChI is InChI=1S/C37H45NO2/c1-2-3-4-5-6-16-26-38(29-33-17-10-7-11-18-33)27-25-32-23-24-36(39-30-34-19-12-8-13-20-34)37(28-32)40-31-35-21-14-9-15-22-35/h7-15,17-24,28H,2-6,16,25-27,29-31H2,1H3. The van der Waals surface area contributed by atoms with Crippen molar-refractivity contribution in [3.05, 3.63) is 131 Å². The van der Waals surface area contributed by atoms with Gasteiger partial charge in [-0.25, -0.2) is 0 Å². The van der Waals surface area contributed by atoms with Gasteiger partial charge in [0.2, 0.25) is 0 Å². The Morgan fingerprint density at radius 1 is 0.500 bits per heavy atom. The second kappa shape index (κ2) is 17.2. The third kappa shape index (κ3) is 10.5. The molecule has 0 spiro atoms. The van der Waals surface area contributed by atoms with Crippen molar-refractivity contribution >= 4 is 0 Å². The van der Waals surface area contributed by atoms with E-state index in [4.69, 9.17) is 9.47 Å². The Hall–Kier alpha value is -3.56. The van der Waals surface area contributed by atoms with Gasteiger partial charge in [0.1, 0.15) is 13.2 Å². The number of benzene rings is 4. The van der Waals surface area contributed by atoms with Crippen LogP contribution in [-0.2, 0) is 26.2 Å². The molecule has 0 aliphatic heterocycles. The monoisotopic (exact) mass is 535 g/mol. The zero-order valence-electron chi connectivity index (χ0n) is 24.1. The Bertz CT molecular complexity index is 1210. The van der Waals surface area contributed by atoms with Crippen molar-refractivity contribution in [3.63, 3.8) is 0 Å². The highest BCUT2D eigenvalue weighted by Crippen LogP contribution is 2.30. The molecule has 0 bridgehead atoms. The minimum absolute atomic E-state index is 0.518. The molecular formula is C37H45NO2. The van der Waals surface area contributed by atoms with Crippen LogP contribution in [0.1, 0.15) is 67.7 Å². The molecule has 4 aromatic carbocycles. The van der Waals surface area contributed by atoms with Gasteiger partial charge in [-0.15, -0.1) is 0 Å². The van der Waals surface area contributed by atoms with E-state index in [1.165, 1.54) is 49.7 Å². The zero-order valence-corrected chi connectivity index (χ0v) is 24.1. The van der Waals surface area contributed by atoms with Gasteiger partial charge in [0.05, 0.1) is 0 Å². The average Bonchev–Trinajstić information content (AvgIpc) is 3.01. The minimum Gasteiger partial charge on any atom is -0.485 e. The quantitative estimate of drug-likeness (QED) is 0.119. The molecule has 0 aliphatic carbocycles. The molecule has 4 aromatic rings. The number of unbranched alkanes of at least 4 members (excludes halogenated alkanes) is 5. The van der Waals surface area contributed by atoms with Crippen molar-refractivity contribution in [1.82, 2.24) is 4.90 Å². The van der Waals surface area contributed by atoms with E-state index in [0.717, 1.165) is 48.7 Å². The number of rotatable bonds is 18. The maximum Gasteiger partial charge on any atom is 0.161 e. The number of hydrogen-bond acceptors (Lipinski definition) is 3. The Balaban J connectivity index is 1.41. The molecule has 210 valence electrons. The third-order valence-corrected chi connectivity index (χ3v) is 7.28. The van der Waals surface area contributed by atoms with Gasteiger partial charge in [0.25, 0.3) is 0 Å². The van der Waals surface area contributed by atoms with Gasteiger partial charge in [0, 0.05) is 13.1 Å². The Kier molecular flexibility index (Phi) is 12.7. The summed E-state index contributed by atoms with van der Waals surface area (Å²) in [5.41, 5.74) is 4.95. The van der Waals surface area contributed by atoms with E-state index >= 15 is 0 Å². The van der Waals surface area contributed by atoms with Crippen molar-refractivity contribution in [2.24, 2.45) is 0 Å². The van der Waals surface area contributed by atoms with E-state index < -0.39 is 0 Å². The highest BCUT2D eigenvalue weighted by Gasteiger charge is 2.11. The molecule has 40 heavy (non-hydrogen) atoms. The summed E-state index contributed by atoms with van der Waals surface area (Å²) in [7, 11) is 0. The van der Waals surface area contributed by atoms with E-state index in [1.807, 2.05) is 36.4 Å². The lowest BCUT2D eigenvalue weighted by atomic mass is 10.1. The summed E-state index contributed by atoms with van der Waals surface area (Å²) in [6.45, 7) is 6.46. The van der Waals surface area contributed by atoms with Crippen molar-refractivity contribution < 1.29 is 9.47 Å². The van der Waals surface area contributed by atoms with Crippen LogP contribution in [0, 0.1) is 0 Å². The third-order valence-electron chi connectivity index (χ3n) is 7.28. The Labute approximate surface area is 241 Å². The first-order chi connectivity index (χ1) is 19.8. The van der Waals surface area contributed by atoms with Crippen molar-refractivity contribution in [2.75, 3.05) is 13.1 Å². The first kappa shape index (κ1) is 29.4. The molecule has 0 saturated heterocycles. The summed E-state index contributed by atoms with van der Waals surface area (Å²) in [5, 5.41) is 0. The molecule has 0 heterocycles. The molecule has 4 rings (SSSR count). The van der Waals surface area contributed by atoms with E-state index in [2.05, 4.69) is 84.6 Å². The first-order valence-electron chi connectivity index (χ1n) is 15.0. The highest BCUT2D eigenvalue weighted by atomic mass is 16.5. The molecule has 0 fully saturated rings. The second-order valence-electron chi connectivity index (χ2n) is 10.6. The van der Waals surface area contributed by atoms with E-state index in [1.54, 1.807) is 0 Å². The zero-order chi connectivity index (χ0) is 27.7. The molecule has 0 amide bonds. The lowest BCUT2D eigenvalue weighted by Gasteiger charge is -2.23. The van der Waals surface area contributed by atoms with Crippen LogP contribution < -0.4 is 9.47 Å². The number of ether oxygens (including phenoxy) is 2. The first-order valence-corrected chi connectivity index (χ1v) is 15.0. The SMILES string of the molecule is CCCCCCCCN(CCc1ccc(OCc2ccccc2)c(OCc2ccccc2)c1)Cc1ccccc1. The summed E-state index contributed by atoms with van der Waals surface area (Å²) >= 11 is 0. The van der Waals surface area contributed by atoms with Gasteiger partial charge in [-0.2, -0.15) is 0 Å². The van der Waals surface area contributed by atoms with Crippen LogP contribution in [-0.4, -0.2) is 18.0 Å². The molecule has 0 aromatic heterocycles. The van der Waals surface area contributed by atoms with Crippen LogP contribution in [0.15, 0.2) is 109 Å². The topological polar surface area (TPSA) is 21.7 Å². The normalized spacial score (nSPS) is 11.1. The smallest absolute Gasteiger partial charge is 0.161 e. The molecule has 0 N–H and O–H groups in total. The Morgan fingerprint density at radius 3 is 1.68 bits per heavy atom. The Morgan fingerprint density at radius 2 is 1.05 bits per heavy atom. The molecule has 0 radical (unpaired) electrons. The summed E-state index contributed by atoms with van der Waals surface area (Å²) in [6.07, 6.45) is 8.91. The van der Waals surface area contributed by atoms with Crippen LogP contribution in [0.4, 0.5) is 0 Å². The van der Waals surface area contributed by atoms with Gasteiger partial charge in [-0.05, 0) is 53.8 Å². The summed E-state index contributed by atoms with van der Waals surface area (Å²) < 4.78 is 12.6. The fraction of sp³-hybridized carbons (Fsp3) is 0.351. The van der Waals surface area contributed by atoms with Crippen molar-refractivity contribution in [2.45, 2.75) is 71.6 Å². The summed E-state index contributed by atoms with van der Waals surface area (Å²) in [6, 6.07) is 37.9. The van der Waals surface area contributed by atoms with Crippen LogP contribution in [0.25, 0.3) is 0 Å². The van der Waals surface area contributed by atoms with Crippen molar-refractivity contribution in [3.8, 4) is 11.5 Å². The molecule has 0 atom stereocenters. The van der Waals surface area contributed by atoms with Crippen LogP contribution >= 0.6 is 0 Å². The van der Waals surface area contributed by atoms with Gasteiger partial charge in [-0.3, -0.25) is 4.90 Å². The van der Waals surface area contributed by atoms with Gasteiger partial charge < -0.3 is 9.47 Å². The van der Waals surface area contributed by atoms with Gasteiger partial charge in [-0.1, -0.05) is 136 Å².